The van der Waals surface area contributed by atoms with Crippen molar-refractivity contribution in [2.75, 3.05) is 0 Å². The Kier molecular flexibility index (Phi) is 3.44. The molecule has 4 rings (SSSR count). The second-order valence-electron chi connectivity index (χ2n) is 6.49. The Morgan fingerprint density at radius 3 is 1.27 bits per heavy atom. The van der Waals surface area contributed by atoms with Crippen molar-refractivity contribution in [3.05, 3.63) is 59.7 Å². The lowest BCUT2D eigenvalue weighted by Gasteiger charge is -2.19. The zero-order valence-corrected chi connectivity index (χ0v) is 14.4. The molecule has 0 unspecified atom stereocenters. The highest BCUT2D eigenvalue weighted by molar-refractivity contribution is 6.16. The molecule has 4 aromatic carbocycles. The van der Waals surface area contributed by atoms with E-state index in [2.05, 4.69) is 0 Å². The Bertz CT molecular complexity index is 1110. The highest BCUT2D eigenvalue weighted by Crippen LogP contribution is 2.54. The third-order valence-corrected chi connectivity index (χ3v) is 5.08. The summed E-state index contributed by atoms with van der Waals surface area (Å²) in [5.41, 5.74) is 1.71. The van der Waals surface area contributed by atoms with Gasteiger partial charge in [-0.3, -0.25) is 0 Å². The van der Waals surface area contributed by atoms with E-state index in [9.17, 15) is 20.4 Å². The van der Waals surface area contributed by atoms with E-state index < -0.39 is 23.0 Å². The molecule has 0 fully saturated rings. The lowest BCUT2D eigenvalue weighted by Crippen LogP contribution is -1.92. The van der Waals surface area contributed by atoms with Crippen molar-refractivity contribution in [2.45, 2.75) is 13.8 Å². The van der Waals surface area contributed by atoms with Gasteiger partial charge in [-0.25, -0.2) is 0 Å². The fourth-order valence-electron chi connectivity index (χ4n) is 3.67. The van der Waals surface area contributed by atoms with E-state index in [1.807, 2.05) is 55.5 Å². The van der Waals surface area contributed by atoms with Crippen molar-refractivity contribution in [3.63, 3.8) is 0 Å². The maximum atomic E-state index is 10.6. The monoisotopic (exact) mass is 346 g/mol. The second-order valence-corrected chi connectivity index (χ2v) is 6.49. The molecule has 0 aliphatic rings. The Balaban J connectivity index is 2.32. The second kappa shape index (κ2) is 5.56. The number of fused-ring (bicyclic) bond motifs is 2. The van der Waals surface area contributed by atoms with Gasteiger partial charge in [-0.2, -0.15) is 0 Å². The predicted octanol–water partition coefficient (Wildman–Crippen LogP) is 5.10. The maximum Gasteiger partial charge on any atom is 0.169 e. The van der Waals surface area contributed by atoms with Gasteiger partial charge in [-0.15, -0.1) is 0 Å². The van der Waals surface area contributed by atoms with Crippen LogP contribution < -0.4 is 0 Å². The quantitative estimate of drug-likeness (QED) is 0.220. The summed E-state index contributed by atoms with van der Waals surface area (Å²) in [6.45, 7) is 3.46. The van der Waals surface area contributed by atoms with Gasteiger partial charge in [0.2, 0.25) is 0 Å². The van der Waals surface area contributed by atoms with Crippen LogP contribution >= 0.6 is 0 Å². The van der Waals surface area contributed by atoms with Gasteiger partial charge in [0.25, 0.3) is 0 Å². The Morgan fingerprint density at radius 2 is 0.846 bits per heavy atom. The van der Waals surface area contributed by atoms with Crippen molar-refractivity contribution < 1.29 is 20.4 Å². The molecule has 0 spiro atoms. The zero-order chi connectivity index (χ0) is 18.6. The van der Waals surface area contributed by atoms with Crippen LogP contribution in [0.25, 0.3) is 32.7 Å². The minimum absolute atomic E-state index is 0.0259. The van der Waals surface area contributed by atoms with E-state index in [0.29, 0.717) is 5.56 Å². The van der Waals surface area contributed by atoms with Gasteiger partial charge in [0.05, 0.1) is 5.56 Å². The van der Waals surface area contributed by atoms with Gasteiger partial charge in [-0.05, 0) is 41.0 Å². The van der Waals surface area contributed by atoms with E-state index in [1.165, 1.54) is 6.92 Å². The minimum atomic E-state index is -0.447. The van der Waals surface area contributed by atoms with Gasteiger partial charge in [0, 0.05) is 11.1 Å². The van der Waals surface area contributed by atoms with E-state index in [1.54, 1.807) is 0 Å². The Morgan fingerprint density at radius 1 is 0.462 bits per heavy atom. The summed E-state index contributed by atoms with van der Waals surface area (Å²) in [7, 11) is 0. The van der Waals surface area contributed by atoms with Crippen molar-refractivity contribution in [1.29, 1.82) is 0 Å². The molecule has 0 saturated heterocycles. The minimum Gasteiger partial charge on any atom is -0.504 e. The van der Waals surface area contributed by atoms with Gasteiger partial charge in [0.1, 0.15) is 0 Å². The molecule has 4 N–H and O–H groups in total. The lowest BCUT2D eigenvalue weighted by molar-refractivity contribution is 0.371. The molecule has 0 bridgehead atoms. The smallest absolute Gasteiger partial charge is 0.169 e. The van der Waals surface area contributed by atoms with Crippen LogP contribution in [0.4, 0.5) is 0 Å². The van der Waals surface area contributed by atoms with E-state index in [4.69, 9.17) is 0 Å². The zero-order valence-electron chi connectivity index (χ0n) is 14.4. The summed E-state index contributed by atoms with van der Waals surface area (Å²) in [6, 6.07) is 15.4. The molecule has 0 radical (unpaired) electrons. The van der Waals surface area contributed by atoms with Crippen LogP contribution in [0, 0.1) is 13.8 Å². The molecule has 4 aromatic rings. The third-order valence-electron chi connectivity index (χ3n) is 5.08. The Labute approximate surface area is 150 Å². The number of aromatic hydroxyl groups is 4. The first-order valence-electron chi connectivity index (χ1n) is 8.30. The van der Waals surface area contributed by atoms with Crippen LogP contribution in [0.5, 0.6) is 23.0 Å². The van der Waals surface area contributed by atoms with Gasteiger partial charge < -0.3 is 20.4 Å². The largest absolute Gasteiger partial charge is 0.504 e. The molecule has 130 valence electrons. The molecule has 0 saturated carbocycles. The molecule has 0 amide bonds. The van der Waals surface area contributed by atoms with Crippen LogP contribution in [0.15, 0.2) is 48.5 Å². The molecule has 0 atom stereocenters. The average Bonchev–Trinajstić information content (AvgIpc) is 2.67. The predicted molar refractivity (Wildman–Crippen MR) is 103 cm³/mol. The van der Waals surface area contributed by atoms with Gasteiger partial charge >= 0.3 is 0 Å². The maximum absolute atomic E-state index is 10.6. The van der Waals surface area contributed by atoms with E-state index in [0.717, 1.165) is 27.1 Å². The van der Waals surface area contributed by atoms with Crippen LogP contribution in [0.2, 0.25) is 0 Å². The molecule has 26 heavy (non-hydrogen) atoms. The summed E-state index contributed by atoms with van der Waals surface area (Å²) >= 11 is 0. The van der Waals surface area contributed by atoms with Crippen LogP contribution in [0.3, 0.4) is 0 Å². The van der Waals surface area contributed by atoms with Gasteiger partial charge in [-0.1, -0.05) is 48.5 Å². The molecular weight excluding hydrogens is 328 g/mol. The number of phenols is 4. The molecular formula is C22H18O4. The SMILES string of the molecule is Cc1c(O)c(O)c(-c2c3ccccc3c(C)c3ccccc23)c(O)c1O. The highest BCUT2D eigenvalue weighted by atomic mass is 16.3. The number of benzene rings is 4. The van der Waals surface area contributed by atoms with E-state index in [-0.39, 0.29) is 11.1 Å². The normalized spacial score (nSPS) is 11.3. The van der Waals surface area contributed by atoms with Crippen LogP contribution in [0.1, 0.15) is 11.1 Å². The molecule has 0 heterocycles. The molecule has 0 aliphatic heterocycles. The molecule has 0 aromatic heterocycles. The third kappa shape index (κ3) is 2.02. The summed E-state index contributed by atoms with van der Waals surface area (Å²) in [5, 5.41) is 45.2. The summed E-state index contributed by atoms with van der Waals surface area (Å²) in [4.78, 5) is 0. The highest BCUT2D eigenvalue weighted by Gasteiger charge is 2.25. The molecule has 0 aliphatic carbocycles. The topological polar surface area (TPSA) is 80.9 Å². The standard InChI is InChI=1S/C22H18O4/c1-11-13-7-3-5-9-15(13)17(16-10-6-4-8-14(11)16)18-21(25)19(23)12(2)20(24)22(18)26/h3-10,23-26H,1-2H3. The molecule has 4 nitrogen and oxygen atoms in total. The fraction of sp³-hybridized carbons (Fsp3) is 0.0909. The van der Waals surface area contributed by atoms with Gasteiger partial charge in [0.15, 0.2) is 23.0 Å². The van der Waals surface area contributed by atoms with Crippen LogP contribution in [-0.4, -0.2) is 20.4 Å². The van der Waals surface area contributed by atoms with Crippen molar-refractivity contribution in [1.82, 2.24) is 0 Å². The first-order valence-corrected chi connectivity index (χ1v) is 8.30. The van der Waals surface area contributed by atoms with Crippen LogP contribution in [-0.2, 0) is 0 Å². The number of rotatable bonds is 1. The van der Waals surface area contributed by atoms with Crippen molar-refractivity contribution in [2.24, 2.45) is 0 Å². The summed E-state index contributed by atoms with van der Waals surface area (Å²) < 4.78 is 0. The summed E-state index contributed by atoms with van der Waals surface area (Å²) in [6.07, 6.45) is 0. The Hall–Kier alpha value is -3.40. The number of aryl methyl sites for hydroxylation is 1. The number of hydrogen-bond donors (Lipinski definition) is 4. The lowest BCUT2D eigenvalue weighted by atomic mass is 9.87. The first-order chi connectivity index (χ1) is 12.4. The first kappa shape index (κ1) is 16.1. The van der Waals surface area contributed by atoms with E-state index >= 15 is 0 Å². The number of hydrogen-bond acceptors (Lipinski definition) is 4. The fourth-order valence-corrected chi connectivity index (χ4v) is 3.67. The van der Waals surface area contributed by atoms with Crippen molar-refractivity contribution in [3.8, 4) is 34.1 Å². The number of phenolic OH excluding ortho intramolecular Hbond substituents is 4. The van der Waals surface area contributed by atoms with Crippen molar-refractivity contribution >= 4 is 21.5 Å². The molecule has 4 heteroatoms. The average molecular weight is 346 g/mol. The summed E-state index contributed by atoms with van der Waals surface area (Å²) in [5.74, 6) is -1.78.